The number of hydrogen-bond donors (Lipinski definition) is 3. The van der Waals surface area contributed by atoms with E-state index in [0.29, 0.717) is 6.08 Å². The molecule has 3 N–H and O–H groups in total. The van der Waals surface area contributed by atoms with Gasteiger partial charge in [-0.15, -0.1) is 0 Å². The van der Waals surface area contributed by atoms with E-state index in [0.717, 1.165) is 24.3 Å². The van der Waals surface area contributed by atoms with Crippen LogP contribution < -0.4 is 5.32 Å². The van der Waals surface area contributed by atoms with Gasteiger partial charge in [-0.3, -0.25) is 4.79 Å². The highest BCUT2D eigenvalue weighted by molar-refractivity contribution is 6.02. The molecule has 0 saturated heterocycles. The predicted molar refractivity (Wildman–Crippen MR) is 58.8 cm³/mol. The molecule has 0 atom stereocenters. The SMILES string of the molecule is O=C(O)/C=C/C(=O)Nc1ccc(F)c(C(=O)O)c1. The normalized spacial score (nSPS) is 10.3. The third-order valence-corrected chi connectivity index (χ3v) is 1.84. The van der Waals surface area contributed by atoms with Crippen molar-refractivity contribution in [3.63, 3.8) is 0 Å². The highest BCUT2D eigenvalue weighted by atomic mass is 19.1. The molecule has 1 amide bonds. The molecule has 94 valence electrons. The third-order valence-electron chi connectivity index (χ3n) is 1.84. The van der Waals surface area contributed by atoms with Gasteiger partial charge in [0.1, 0.15) is 5.82 Å². The maximum absolute atomic E-state index is 13.0. The molecule has 1 aromatic carbocycles. The lowest BCUT2D eigenvalue weighted by Crippen LogP contribution is -2.10. The van der Waals surface area contributed by atoms with Crippen molar-refractivity contribution in [3.05, 3.63) is 41.7 Å². The summed E-state index contributed by atoms with van der Waals surface area (Å²) in [5, 5.41) is 19.1. The largest absolute Gasteiger partial charge is 0.478 e. The fraction of sp³-hybridized carbons (Fsp3) is 0. The predicted octanol–water partition coefficient (Wildman–Crippen LogP) is 1.10. The van der Waals surface area contributed by atoms with Gasteiger partial charge in [-0.2, -0.15) is 0 Å². The van der Waals surface area contributed by atoms with E-state index in [2.05, 4.69) is 5.32 Å². The molecule has 6 nitrogen and oxygen atoms in total. The van der Waals surface area contributed by atoms with Gasteiger partial charge in [0.05, 0.1) is 5.56 Å². The van der Waals surface area contributed by atoms with Crippen LogP contribution in [0.15, 0.2) is 30.4 Å². The van der Waals surface area contributed by atoms with Gasteiger partial charge in [0.2, 0.25) is 5.91 Å². The van der Waals surface area contributed by atoms with Gasteiger partial charge in [-0.25, -0.2) is 14.0 Å². The van der Waals surface area contributed by atoms with E-state index in [9.17, 15) is 18.8 Å². The number of nitrogens with one attached hydrogen (secondary N) is 1. The van der Waals surface area contributed by atoms with Crippen LogP contribution >= 0.6 is 0 Å². The minimum absolute atomic E-state index is 0.0499. The number of halogens is 1. The summed E-state index contributed by atoms with van der Waals surface area (Å²) in [4.78, 5) is 32.0. The van der Waals surface area contributed by atoms with Crippen LogP contribution in [0.2, 0.25) is 0 Å². The Morgan fingerprint density at radius 1 is 1.17 bits per heavy atom. The van der Waals surface area contributed by atoms with Gasteiger partial charge in [-0.05, 0) is 18.2 Å². The van der Waals surface area contributed by atoms with Crippen LogP contribution in [0.3, 0.4) is 0 Å². The Morgan fingerprint density at radius 2 is 1.83 bits per heavy atom. The zero-order valence-corrected chi connectivity index (χ0v) is 8.88. The maximum Gasteiger partial charge on any atom is 0.338 e. The molecule has 7 heteroatoms. The molecule has 1 aromatic rings. The van der Waals surface area contributed by atoms with Gasteiger partial charge < -0.3 is 15.5 Å². The average molecular weight is 253 g/mol. The van der Waals surface area contributed by atoms with Crippen molar-refractivity contribution in [3.8, 4) is 0 Å². The molecule has 18 heavy (non-hydrogen) atoms. The van der Waals surface area contributed by atoms with Gasteiger partial charge in [-0.1, -0.05) is 0 Å². The summed E-state index contributed by atoms with van der Waals surface area (Å²) < 4.78 is 13.0. The van der Waals surface area contributed by atoms with Crippen molar-refractivity contribution >= 4 is 23.5 Å². The first-order valence-corrected chi connectivity index (χ1v) is 4.65. The Bertz CT molecular complexity index is 538. The molecular formula is C11H8FNO5. The number of carboxylic acids is 2. The van der Waals surface area contributed by atoms with Crippen LogP contribution in [0.25, 0.3) is 0 Å². The van der Waals surface area contributed by atoms with Crippen LogP contribution in [0.4, 0.5) is 10.1 Å². The molecule has 0 radical (unpaired) electrons. The van der Waals surface area contributed by atoms with Crippen LogP contribution in [-0.2, 0) is 9.59 Å². The number of carbonyl (C=O) groups is 3. The van der Waals surface area contributed by atoms with Crippen molar-refractivity contribution in [2.75, 3.05) is 5.32 Å². The summed E-state index contributed by atoms with van der Waals surface area (Å²) in [5.74, 6) is -4.46. The molecule has 1 rings (SSSR count). The van der Waals surface area contributed by atoms with E-state index < -0.39 is 29.2 Å². The van der Waals surface area contributed by atoms with E-state index in [1.807, 2.05) is 0 Å². The summed E-state index contributed by atoms with van der Waals surface area (Å²) in [5.41, 5.74) is -0.538. The molecule has 0 aromatic heterocycles. The highest BCUT2D eigenvalue weighted by Crippen LogP contribution is 2.14. The number of carboxylic acid groups (broad SMARTS) is 2. The molecule has 0 saturated carbocycles. The summed E-state index contributed by atoms with van der Waals surface area (Å²) in [6.45, 7) is 0. The zero-order chi connectivity index (χ0) is 13.7. The third kappa shape index (κ3) is 3.71. The van der Waals surface area contributed by atoms with E-state index in [1.54, 1.807) is 0 Å². The Hall–Kier alpha value is -2.70. The fourth-order valence-electron chi connectivity index (χ4n) is 1.10. The first kappa shape index (κ1) is 13.4. The van der Waals surface area contributed by atoms with E-state index in [1.165, 1.54) is 0 Å². The average Bonchev–Trinajstić information content (AvgIpc) is 2.28. The second-order valence-electron chi connectivity index (χ2n) is 3.16. The lowest BCUT2D eigenvalue weighted by Gasteiger charge is -2.04. The second-order valence-corrected chi connectivity index (χ2v) is 3.16. The van der Waals surface area contributed by atoms with Crippen molar-refractivity contribution in [2.45, 2.75) is 0 Å². The smallest absolute Gasteiger partial charge is 0.338 e. The van der Waals surface area contributed by atoms with Crippen LogP contribution in [0.5, 0.6) is 0 Å². The van der Waals surface area contributed by atoms with Crippen molar-refractivity contribution in [1.29, 1.82) is 0 Å². The van der Waals surface area contributed by atoms with Gasteiger partial charge in [0, 0.05) is 17.8 Å². The molecular weight excluding hydrogens is 245 g/mol. The van der Waals surface area contributed by atoms with Gasteiger partial charge in [0.25, 0.3) is 0 Å². The lowest BCUT2D eigenvalue weighted by molar-refractivity contribution is -0.131. The first-order chi connectivity index (χ1) is 8.40. The van der Waals surface area contributed by atoms with Gasteiger partial charge >= 0.3 is 11.9 Å². The minimum atomic E-state index is -1.47. The Labute approximate surface area is 100 Å². The van der Waals surface area contributed by atoms with E-state index in [-0.39, 0.29) is 5.69 Å². The van der Waals surface area contributed by atoms with Crippen LogP contribution in [0.1, 0.15) is 10.4 Å². The number of anilines is 1. The molecule has 0 aliphatic carbocycles. The molecule has 0 heterocycles. The number of aliphatic carboxylic acids is 1. The highest BCUT2D eigenvalue weighted by Gasteiger charge is 2.11. The molecule has 0 spiro atoms. The van der Waals surface area contributed by atoms with Crippen molar-refractivity contribution in [2.24, 2.45) is 0 Å². The number of hydrogen-bond acceptors (Lipinski definition) is 3. The number of amides is 1. The van der Waals surface area contributed by atoms with Crippen molar-refractivity contribution < 1.29 is 29.0 Å². The molecule has 0 aliphatic rings. The number of benzene rings is 1. The first-order valence-electron chi connectivity index (χ1n) is 4.65. The lowest BCUT2D eigenvalue weighted by atomic mass is 10.2. The summed E-state index contributed by atoms with van der Waals surface area (Å²) in [6.07, 6.45) is 1.38. The minimum Gasteiger partial charge on any atom is -0.478 e. The molecule has 0 aliphatic heterocycles. The topological polar surface area (TPSA) is 104 Å². The van der Waals surface area contributed by atoms with E-state index >= 15 is 0 Å². The molecule has 0 bridgehead atoms. The maximum atomic E-state index is 13.0. The Morgan fingerprint density at radius 3 is 2.39 bits per heavy atom. The zero-order valence-electron chi connectivity index (χ0n) is 8.88. The quantitative estimate of drug-likeness (QED) is 0.697. The van der Waals surface area contributed by atoms with Crippen LogP contribution in [-0.4, -0.2) is 28.1 Å². The number of aromatic carboxylic acids is 1. The second kappa shape index (κ2) is 5.58. The Kier molecular flexibility index (Phi) is 4.14. The van der Waals surface area contributed by atoms with Gasteiger partial charge in [0.15, 0.2) is 0 Å². The number of carbonyl (C=O) groups excluding carboxylic acids is 1. The van der Waals surface area contributed by atoms with Crippen LogP contribution in [0, 0.1) is 5.82 Å². The molecule has 0 unspecified atom stereocenters. The Balaban J connectivity index is 2.86. The summed E-state index contributed by atoms with van der Waals surface area (Å²) in [6, 6.07) is 2.98. The fourth-order valence-corrected chi connectivity index (χ4v) is 1.10. The van der Waals surface area contributed by atoms with E-state index in [4.69, 9.17) is 10.2 Å². The standard InChI is InChI=1S/C11H8FNO5/c12-8-2-1-6(5-7(8)11(17)18)13-9(14)3-4-10(15)16/h1-5H,(H,13,14)(H,15,16)(H,17,18)/b4-3+. The molecule has 0 fully saturated rings. The van der Waals surface area contributed by atoms with Crippen molar-refractivity contribution in [1.82, 2.24) is 0 Å². The summed E-state index contributed by atoms with van der Waals surface area (Å²) in [7, 11) is 0. The number of rotatable bonds is 4. The summed E-state index contributed by atoms with van der Waals surface area (Å²) >= 11 is 0. The monoisotopic (exact) mass is 253 g/mol.